The Morgan fingerprint density at radius 3 is 1.89 bits per heavy atom. The van der Waals surface area contributed by atoms with Crippen molar-refractivity contribution >= 4 is 13.6 Å². The molecule has 1 aromatic carbocycles. The van der Waals surface area contributed by atoms with E-state index < -0.39 is 25.3 Å². The molecular weight excluding hydrogens is 375 g/mol. The summed E-state index contributed by atoms with van der Waals surface area (Å²) >= 11 is 0. The molecule has 160 valence electrons. The van der Waals surface area contributed by atoms with Crippen molar-refractivity contribution in [2.24, 2.45) is 11.8 Å². The number of rotatable bonds is 12. The second-order valence-corrected chi connectivity index (χ2v) is 10.1. The normalized spacial score (nSPS) is 14.3. The molecule has 28 heavy (non-hydrogen) atoms. The molecular formula is C22H37O5P. The van der Waals surface area contributed by atoms with Crippen molar-refractivity contribution < 1.29 is 23.1 Å². The molecule has 0 aromatic heterocycles. The molecule has 0 aliphatic carbocycles. The van der Waals surface area contributed by atoms with Gasteiger partial charge in [-0.2, -0.15) is 0 Å². The van der Waals surface area contributed by atoms with Crippen molar-refractivity contribution in [2.45, 2.75) is 73.1 Å². The molecule has 5 nitrogen and oxygen atoms in total. The Bertz CT molecular complexity index is 629. The molecule has 0 saturated heterocycles. The van der Waals surface area contributed by atoms with Gasteiger partial charge < -0.3 is 13.8 Å². The van der Waals surface area contributed by atoms with Crippen molar-refractivity contribution in [3.63, 3.8) is 0 Å². The highest BCUT2D eigenvalue weighted by atomic mass is 31.2. The molecule has 0 radical (unpaired) electrons. The Hall–Kier alpha value is -1.16. The van der Waals surface area contributed by atoms with Gasteiger partial charge in [-0.3, -0.25) is 9.36 Å². The Morgan fingerprint density at radius 1 is 0.929 bits per heavy atom. The van der Waals surface area contributed by atoms with Crippen LogP contribution in [0.4, 0.5) is 0 Å². The molecule has 0 aliphatic heterocycles. The van der Waals surface area contributed by atoms with E-state index in [-0.39, 0.29) is 19.1 Å². The SMILES string of the molecule is CCOP(=O)(OCC)[C@H](CC(C)C)OC(=O)[C@@H](C)c1ccc(CC(C)C)cc1. The predicted molar refractivity (Wildman–Crippen MR) is 114 cm³/mol. The minimum Gasteiger partial charge on any atom is -0.449 e. The second kappa shape index (κ2) is 11.7. The first-order valence-electron chi connectivity index (χ1n) is 10.3. The fourth-order valence-electron chi connectivity index (χ4n) is 2.99. The molecule has 0 aliphatic rings. The van der Waals surface area contributed by atoms with E-state index in [4.69, 9.17) is 13.8 Å². The smallest absolute Gasteiger partial charge is 0.370 e. The van der Waals surface area contributed by atoms with E-state index in [0.29, 0.717) is 12.3 Å². The summed E-state index contributed by atoms with van der Waals surface area (Å²) in [5, 5.41) is 0. The number of hydrogen-bond acceptors (Lipinski definition) is 5. The summed E-state index contributed by atoms with van der Waals surface area (Å²) < 4.78 is 29.7. The fourth-order valence-corrected chi connectivity index (χ4v) is 5.03. The van der Waals surface area contributed by atoms with Crippen LogP contribution >= 0.6 is 7.60 Å². The van der Waals surface area contributed by atoms with Gasteiger partial charge in [-0.25, -0.2) is 0 Å². The third-order valence-electron chi connectivity index (χ3n) is 4.37. The average molecular weight is 413 g/mol. The number of ether oxygens (including phenoxy) is 1. The van der Waals surface area contributed by atoms with Gasteiger partial charge in [0, 0.05) is 0 Å². The van der Waals surface area contributed by atoms with Gasteiger partial charge in [0.25, 0.3) is 0 Å². The summed E-state index contributed by atoms with van der Waals surface area (Å²) in [5.74, 6) is -1.02. The highest BCUT2D eigenvalue weighted by molar-refractivity contribution is 7.54. The van der Waals surface area contributed by atoms with E-state index in [1.807, 2.05) is 26.0 Å². The lowest BCUT2D eigenvalue weighted by Crippen LogP contribution is -2.25. The lowest BCUT2D eigenvalue weighted by atomic mass is 9.97. The van der Waals surface area contributed by atoms with Gasteiger partial charge in [-0.05, 0) is 56.6 Å². The molecule has 0 bridgehead atoms. The summed E-state index contributed by atoms with van der Waals surface area (Å²) in [4.78, 5) is 12.8. The van der Waals surface area contributed by atoms with Gasteiger partial charge in [0.1, 0.15) is 0 Å². The minimum absolute atomic E-state index is 0.178. The number of benzene rings is 1. The molecule has 0 N–H and O–H groups in total. The summed E-state index contributed by atoms with van der Waals surface area (Å²) in [6.45, 7) is 14.1. The van der Waals surface area contributed by atoms with Crippen LogP contribution in [-0.4, -0.2) is 25.0 Å². The maximum absolute atomic E-state index is 13.2. The van der Waals surface area contributed by atoms with E-state index in [9.17, 15) is 9.36 Å². The average Bonchev–Trinajstić information content (AvgIpc) is 2.60. The van der Waals surface area contributed by atoms with Gasteiger partial charge in [0.05, 0.1) is 19.1 Å². The zero-order valence-corrected chi connectivity index (χ0v) is 19.3. The quantitative estimate of drug-likeness (QED) is 0.303. The van der Waals surface area contributed by atoms with Crippen LogP contribution in [0.25, 0.3) is 0 Å². The van der Waals surface area contributed by atoms with E-state index in [0.717, 1.165) is 12.0 Å². The molecule has 0 fully saturated rings. The molecule has 0 amide bonds. The van der Waals surface area contributed by atoms with Crippen LogP contribution in [0.2, 0.25) is 0 Å². The van der Waals surface area contributed by atoms with Crippen molar-refractivity contribution in [2.75, 3.05) is 13.2 Å². The summed E-state index contributed by atoms with van der Waals surface area (Å²) in [6.07, 6.45) is 1.42. The molecule has 2 atom stereocenters. The zero-order chi connectivity index (χ0) is 21.3. The van der Waals surface area contributed by atoms with E-state index in [2.05, 4.69) is 26.0 Å². The molecule has 1 aromatic rings. The number of carbonyl (C=O) groups is 1. The van der Waals surface area contributed by atoms with Gasteiger partial charge in [-0.15, -0.1) is 0 Å². The van der Waals surface area contributed by atoms with Crippen LogP contribution in [-0.2, 0) is 29.6 Å². The highest BCUT2D eigenvalue weighted by Gasteiger charge is 2.40. The second-order valence-electron chi connectivity index (χ2n) is 7.96. The Morgan fingerprint density at radius 2 is 1.46 bits per heavy atom. The maximum atomic E-state index is 13.2. The van der Waals surface area contributed by atoms with Crippen LogP contribution < -0.4 is 0 Å². The molecule has 0 saturated carbocycles. The van der Waals surface area contributed by atoms with Gasteiger partial charge >= 0.3 is 13.6 Å². The lowest BCUT2D eigenvalue weighted by Gasteiger charge is -2.28. The number of carbonyl (C=O) groups excluding carboxylic acids is 1. The van der Waals surface area contributed by atoms with Crippen LogP contribution in [0.1, 0.15) is 71.9 Å². The Labute approximate surface area is 170 Å². The number of hydrogen-bond donors (Lipinski definition) is 0. The molecule has 0 heterocycles. The molecule has 6 heteroatoms. The fraction of sp³-hybridized carbons (Fsp3) is 0.682. The summed E-state index contributed by atoms with van der Waals surface area (Å²) in [5.41, 5.74) is 2.12. The zero-order valence-electron chi connectivity index (χ0n) is 18.4. The standard InChI is InChI=1S/C22H37O5P/c1-8-25-28(24,26-9-2)21(15-17(5)6)27-22(23)18(7)20-12-10-19(11-13-20)14-16(3)4/h10-13,16-18,21H,8-9,14-15H2,1-7H3/t18-,21+/m0/s1. The van der Waals surface area contributed by atoms with Crippen LogP contribution in [0, 0.1) is 11.8 Å². The van der Waals surface area contributed by atoms with Crippen molar-refractivity contribution in [1.82, 2.24) is 0 Å². The summed E-state index contributed by atoms with van der Waals surface area (Å²) in [7, 11) is -3.54. The van der Waals surface area contributed by atoms with Gasteiger partial charge in [0.2, 0.25) is 5.85 Å². The van der Waals surface area contributed by atoms with Crippen molar-refractivity contribution in [3.8, 4) is 0 Å². The maximum Gasteiger partial charge on any atom is 0.370 e. The van der Waals surface area contributed by atoms with Crippen molar-refractivity contribution in [3.05, 3.63) is 35.4 Å². The van der Waals surface area contributed by atoms with Crippen LogP contribution in [0.15, 0.2) is 24.3 Å². The Kier molecular flexibility index (Phi) is 10.4. The first-order valence-corrected chi connectivity index (χ1v) is 11.9. The van der Waals surface area contributed by atoms with Crippen LogP contribution in [0.3, 0.4) is 0 Å². The topological polar surface area (TPSA) is 61.8 Å². The van der Waals surface area contributed by atoms with E-state index in [1.165, 1.54) is 5.56 Å². The van der Waals surface area contributed by atoms with Gasteiger partial charge in [0.15, 0.2) is 0 Å². The predicted octanol–water partition coefficient (Wildman–Crippen LogP) is 6.17. The molecule has 0 unspecified atom stereocenters. The van der Waals surface area contributed by atoms with E-state index in [1.54, 1.807) is 20.8 Å². The first-order chi connectivity index (χ1) is 13.1. The number of esters is 1. The lowest BCUT2D eigenvalue weighted by molar-refractivity contribution is -0.148. The summed E-state index contributed by atoms with van der Waals surface area (Å²) in [6, 6.07) is 8.03. The molecule has 1 rings (SSSR count). The highest BCUT2D eigenvalue weighted by Crippen LogP contribution is 2.55. The Balaban J connectivity index is 2.95. The van der Waals surface area contributed by atoms with Gasteiger partial charge in [-0.1, -0.05) is 52.0 Å². The van der Waals surface area contributed by atoms with E-state index >= 15 is 0 Å². The molecule has 0 spiro atoms. The van der Waals surface area contributed by atoms with Crippen molar-refractivity contribution in [1.29, 1.82) is 0 Å². The monoisotopic (exact) mass is 412 g/mol. The third kappa shape index (κ3) is 7.69. The minimum atomic E-state index is -3.54. The van der Waals surface area contributed by atoms with Crippen LogP contribution in [0.5, 0.6) is 0 Å². The first kappa shape index (κ1) is 24.9. The largest absolute Gasteiger partial charge is 0.449 e. The third-order valence-corrected chi connectivity index (χ3v) is 6.63.